The number of aromatic nitrogens is 1. The lowest BCUT2D eigenvalue weighted by molar-refractivity contribution is -0.668. The van der Waals surface area contributed by atoms with Crippen LogP contribution in [0.5, 0.6) is 0 Å². The molecule has 0 spiro atoms. The smallest absolute Gasteiger partial charge is 0.301 e. The molecule has 1 aromatic heterocycles. The average Bonchev–Trinajstić information content (AvgIpc) is 3.44. The molecule has 0 saturated heterocycles. The fourth-order valence-corrected chi connectivity index (χ4v) is 8.85. The van der Waals surface area contributed by atoms with E-state index >= 15 is 0 Å². The van der Waals surface area contributed by atoms with Crippen LogP contribution in [0.4, 0.5) is 5.69 Å². The van der Waals surface area contributed by atoms with Crippen LogP contribution in [0.15, 0.2) is 69.1 Å². The molecule has 2 aromatic carbocycles. The number of benzene rings is 2. The van der Waals surface area contributed by atoms with Gasteiger partial charge in [0.15, 0.2) is 6.54 Å². The second-order valence-electron chi connectivity index (χ2n) is 11.6. The predicted octanol–water partition coefficient (Wildman–Crippen LogP) is 7.21. The van der Waals surface area contributed by atoms with E-state index < -0.39 is 21.5 Å². The minimum atomic E-state index is -4.03. The molecule has 2 aliphatic rings. The number of hydrogen-bond acceptors (Lipinski definition) is 7. The van der Waals surface area contributed by atoms with Crippen LogP contribution in [0, 0.1) is 19.8 Å². The molecule has 2 unspecified atom stereocenters. The van der Waals surface area contributed by atoms with Gasteiger partial charge in [-0.1, -0.05) is 42.2 Å². The molecule has 8 nitrogen and oxygen atoms in total. The lowest BCUT2D eigenvalue weighted by atomic mass is 9.81. The summed E-state index contributed by atoms with van der Waals surface area (Å²) in [4.78, 5) is 3.48. The first-order chi connectivity index (χ1) is 20.9. The molecule has 44 heavy (non-hydrogen) atoms. The quantitative estimate of drug-likeness (QED) is 0.0951. The van der Waals surface area contributed by atoms with Gasteiger partial charge >= 0.3 is 11.4 Å². The lowest BCUT2D eigenvalue weighted by Gasteiger charge is -2.26. The predicted molar refractivity (Wildman–Crippen MR) is 181 cm³/mol. The molecule has 3 aromatic rings. The summed E-state index contributed by atoms with van der Waals surface area (Å²) in [6, 6.07) is 12.8. The Labute approximate surface area is 270 Å². The van der Waals surface area contributed by atoms with Crippen molar-refractivity contribution < 1.29 is 30.5 Å². The molecule has 5 rings (SSSR count). The van der Waals surface area contributed by atoms with Gasteiger partial charge < -0.3 is 4.90 Å². The van der Waals surface area contributed by atoms with E-state index in [9.17, 15) is 17.2 Å². The Morgan fingerprint density at radius 1 is 1.09 bits per heavy atom. The highest BCUT2D eigenvalue weighted by molar-refractivity contribution is 8.03. The van der Waals surface area contributed by atoms with Crippen molar-refractivity contribution in [2.24, 2.45) is 5.92 Å². The van der Waals surface area contributed by atoms with E-state index in [4.69, 9.17) is 8.74 Å². The van der Waals surface area contributed by atoms with Gasteiger partial charge in [-0.3, -0.25) is 13.3 Å². The number of thioether (sulfide) groups is 1. The van der Waals surface area contributed by atoms with Gasteiger partial charge in [0, 0.05) is 30.0 Å². The summed E-state index contributed by atoms with van der Waals surface area (Å²) < 4.78 is 60.4. The van der Waals surface area contributed by atoms with Crippen LogP contribution >= 0.6 is 23.1 Å². The minimum Gasteiger partial charge on any atom is -0.335 e. The summed E-state index contributed by atoms with van der Waals surface area (Å²) >= 11 is 1.18. The molecule has 0 bridgehead atoms. The Balaban J connectivity index is 1.50. The molecule has 0 fully saturated rings. The average molecular weight is 676 g/mol. The fraction of sp³-hybridized carbons (Fsp3) is 0.406. The van der Waals surface area contributed by atoms with Crippen molar-refractivity contribution in [1.29, 1.82) is 0 Å². The molecule has 1 aliphatic heterocycles. The zero-order valence-electron chi connectivity index (χ0n) is 25.4. The topological polar surface area (TPSA) is 108 Å². The third kappa shape index (κ3) is 8.09. The maximum Gasteiger partial charge on any atom is 0.301 e. The van der Waals surface area contributed by atoms with Crippen LogP contribution < -0.4 is 9.47 Å². The van der Waals surface area contributed by atoms with Gasteiger partial charge in [0.05, 0.1) is 23.1 Å². The van der Waals surface area contributed by atoms with E-state index in [2.05, 4.69) is 85.7 Å². The van der Waals surface area contributed by atoms with Crippen molar-refractivity contribution in [1.82, 2.24) is 0 Å². The molecule has 0 amide bonds. The summed E-state index contributed by atoms with van der Waals surface area (Å²) in [7, 11) is -4.03. The van der Waals surface area contributed by atoms with E-state index in [1.165, 1.54) is 27.2 Å². The van der Waals surface area contributed by atoms with Crippen LogP contribution in [-0.4, -0.2) is 40.6 Å². The monoisotopic (exact) mass is 675 g/mol. The van der Waals surface area contributed by atoms with Gasteiger partial charge in [0.2, 0.25) is 5.52 Å². The Kier molecular flexibility index (Phi) is 10.5. The highest BCUT2D eigenvalue weighted by Crippen LogP contribution is 2.48. The minimum absolute atomic E-state index is 0.198. The second-order valence-corrected chi connectivity index (χ2v) is 16.0. The Morgan fingerprint density at radius 2 is 1.84 bits per heavy atom. The van der Waals surface area contributed by atoms with E-state index in [0.717, 1.165) is 44.3 Å². The summed E-state index contributed by atoms with van der Waals surface area (Å²) in [5, 5.41) is 2.20. The third-order valence-corrected chi connectivity index (χ3v) is 11.4. The van der Waals surface area contributed by atoms with Gasteiger partial charge in [-0.2, -0.15) is 17.2 Å². The molecule has 0 saturated carbocycles. The number of hydrogen-bond donors (Lipinski definition) is 2. The van der Waals surface area contributed by atoms with Crippen molar-refractivity contribution in [2.45, 2.75) is 64.8 Å². The lowest BCUT2D eigenvalue weighted by Crippen LogP contribution is -2.36. The normalized spacial score (nSPS) is 19.9. The van der Waals surface area contributed by atoms with Crippen LogP contribution in [0.3, 0.4) is 0 Å². The number of nitrogens with zero attached hydrogens (tertiary/aromatic N) is 2. The van der Waals surface area contributed by atoms with Gasteiger partial charge in [-0.25, -0.2) is 0 Å². The van der Waals surface area contributed by atoms with E-state index in [1.807, 2.05) is 0 Å². The van der Waals surface area contributed by atoms with Gasteiger partial charge in [-0.15, -0.1) is 0 Å². The number of allylic oxidation sites excluding steroid dienone is 4. The van der Waals surface area contributed by atoms with E-state index in [0.29, 0.717) is 31.8 Å². The molecular formula is C32H39N2O6S4+. The summed E-state index contributed by atoms with van der Waals surface area (Å²) in [5.74, 6) is 0.172. The molecule has 12 heteroatoms. The number of thiazole rings is 1. The van der Waals surface area contributed by atoms with Crippen LogP contribution in [0.25, 0.3) is 16.3 Å². The number of fused-ring (bicyclic) bond motifs is 2. The molecular weight excluding hydrogens is 637 g/mol. The highest BCUT2D eigenvalue weighted by atomic mass is 32.2. The number of rotatable bonds is 11. The molecule has 1 aliphatic carbocycles. The second kappa shape index (κ2) is 14.0. The SMILES string of the molecule is CC1=C(C=C2Sc3ccc(C)cc3N2CCCOS(=O)O)CC(C)CC1=Cc1sc2ccc(C)cc2[n+]1CCCS(=O)(=O)O. The Hall–Kier alpha value is -2.32. The Bertz CT molecular complexity index is 1790. The standard InChI is InChI=1S/C32H38N2O6S4/c1-21-7-9-29-27(17-21)33(11-5-13-40-43(35)36)31(41-29)19-25-15-23(3)16-26(24(25)4)20-32-34(12-6-14-44(37,38)39)28-18-22(2)8-10-30(28)42-32/h7-10,17-20,23H,5-6,11-16H2,1-4H3,(H-,35,36,37,38,39)/p+1. The van der Waals surface area contributed by atoms with Crippen LogP contribution in [-0.2, 0) is 32.2 Å². The Morgan fingerprint density at radius 3 is 2.59 bits per heavy atom. The highest BCUT2D eigenvalue weighted by Gasteiger charge is 2.28. The van der Waals surface area contributed by atoms with Crippen molar-refractivity contribution in [3.05, 3.63) is 80.4 Å². The van der Waals surface area contributed by atoms with Crippen molar-refractivity contribution in [2.75, 3.05) is 23.8 Å². The fourth-order valence-electron chi connectivity index (χ4n) is 5.82. The molecule has 2 N–H and O–H groups in total. The zero-order valence-corrected chi connectivity index (χ0v) is 28.7. The largest absolute Gasteiger partial charge is 0.335 e. The third-order valence-electron chi connectivity index (χ3n) is 7.96. The van der Waals surface area contributed by atoms with Gasteiger partial charge in [0.25, 0.3) is 15.1 Å². The number of aryl methyl sites for hydroxylation is 3. The molecule has 2 atom stereocenters. The van der Waals surface area contributed by atoms with Crippen molar-refractivity contribution in [3.63, 3.8) is 0 Å². The first-order valence-corrected chi connectivity index (χ1v) is 19.0. The van der Waals surface area contributed by atoms with Crippen LogP contribution in [0.1, 0.15) is 55.7 Å². The summed E-state index contributed by atoms with van der Waals surface area (Å²) in [6.07, 6.45) is 7.42. The summed E-state index contributed by atoms with van der Waals surface area (Å²) in [6.45, 7) is 9.96. The van der Waals surface area contributed by atoms with Crippen molar-refractivity contribution in [3.8, 4) is 0 Å². The van der Waals surface area contributed by atoms with Gasteiger partial charge in [-0.05, 0) is 98.1 Å². The first-order valence-electron chi connectivity index (χ1n) is 14.7. The first kappa shape index (κ1) is 33.1. The van der Waals surface area contributed by atoms with E-state index in [-0.39, 0.29) is 12.4 Å². The van der Waals surface area contributed by atoms with Crippen molar-refractivity contribution >= 4 is 66.6 Å². The molecule has 236 valence electrons. The zero-order chi connectivity index (χ0) is 31.6. The van der Waals surface area contributed by atoms with E-state index in [1.54, 1.807) is 23.1 Å². The summed E-state index contributed by atoms with van der Waals surface area (Å²) in [5.41, 5.74) is 8.35. The number of anilines is 1. The van der Waals surface area contributed by atoms with Crippen LogP contribution in [0.2, 0.25) is 0 Å². The van der Waals surface area contributed by atoms with Gasteiger partial charge in [0.1, 0.15) is 4.70 Å². The maximum absolute atomic E-state index is 11.4. The molecule has 2 heterocycles. The molecule has 0 radical (unpaired) electrons. The maximum atomic E-state index is 11.4.